The van der Waals surface area contributed by atoms with E-state index in [-0.39, 0.29) is 35.2 Å². The molecule has 0 bridgehead atoms. The average Bonchev–Trinajstić information content (AvgIpc) is 2.33. The second-order valence-corrected chi connectivity index (χ2v) is 5.78. The molecule has 1 aromatic rings. The van der Waals surface area contributed by atoms with Crippen LogP contribution in [-0.4, -0.2) is 51.8 Å². The van der Waals surface area contributed by atoms with Crippen LogP contribution in [0.2, 0.25) is 0 Å². The Labute approximate surface area is 120 Å². The van der Waals surface area contributed by atoms with Gasteiger partial charge in [0.1, 0.15) is 5.82 Å². The van der Waals surface area contributed by atoms with E-state index in [1.165, 1.54) is 17.8 Å². The SMILES string of the molecule is C[C@H]1CN(C(=O)CSc2nc(N)cc(=O)[nH]2)C[C@H](C)O1. The number of rotatable bonds is 3. The van der Waals surface area contributed by atoms with Crippen molar-refractivity contribution in [2.45, 2.75) is 31.2 Å². The van der Waals surface area contributed by atoms with Crippen LogP contribution in [0.1, 0.15) is 13.8 Å². The van der Waals surface area contributed by atoms with Crippen molar-refractivity contribution in [2.24, 2.45) is 0 Å². The quantitative estimate of drug-likeness (QED) is 0.605. The van der Waals surface area contributed by atoms with Gasteiger partial charge in [0.2, 0.25) is 5.91 Å². The summed E-state index contributed by atoms with van der Waals surface area (Å²) in [4.78, 5) is 31.7. The zero-order chi connectivity index (χ0) is 14.7. The molecule has 1 amide bonds. The normalized spacial score (nSPS) is 22.8. The molecule has 0 unspecified atom stereocenters. The first-order valence-electron chi connectivity index (χ1n) is 6.37. The zero-order valence-electron chi connectivity index (χ0n) is 11.5. The molecule has 1 aromatic heterocycles. The molecule has 0 spiro atoms. The molecule has 1 fully saturated rings. The van der Waals surface area contributed by atoms with Gasteiger partial charge in [-0.3, -0.25) is 9.59 Å². The lowest BCUT2D eigenvalue weighted by molar-refractivity contribution is -0.140. The van der Waals surface area contributed by atoms with E-state index in [0.29, 0.717) is 18.2 Å². The number of nitrogens with one attached hydrogen (secondary N) is 1. The van der Waals surface area contributed by atoms with Crippen LogP contribution in [-0.2, 0) is 9.53 Å². The predicted molar refractivity (Wildman–Crippen MR) is 76.6 cm³/mol. The molecule has 20 heavy (non-hydrogen) atoms. The van der Waals surface area contributed by atoms with Gasteiger partial charge in [-0.1, -0.05) is 11.8 Å². The van der Waals surface area contributed by atoms with E-state index in [4.69, 9.17) is 10.5 Å². The Morgan fingerprint density at radius 2 is 2.20 bits per heavy atom. The summed E-state index contributed by atoms with van der Waals surface area (Å²) < 4.78 is 5.58. The number of hydrogen-bond donors (Lipinski definition) is 2. The van der Waals surface area contributed by atoms with E-state index < -0.39 is 0 Å². The highest BCUT2D eigenvalue weighted by atomic mass is 32.2. The maximum atomic E-state index is 12.1. The van der Waals surface area contributed by atoms with Gasteiger partial charge in [-0.2, -0.15) is 0 Å². The number of nitrogens with two attached hydrogens (primary N) is 1. The summed E-state index contributed by atoms with van der Waals surface area (Å²) in [6.45, 7) is 5.06. The maximum absolute atomic E-state index is 12.1. The number of hydrogen-bond acceptors (Lipinski definition) is 6. The summed E-state index contributed by atoms with van der Waals surface area (Å²) in [6, 6.07) is 1.21. The van der Waals surface area contributed by atoms with Gasteiger partial charge in [0.15, 0.2) is 5.16 Å². The standard InChI is InChI=1S/C12H18N4O3S/c1-7-4-16(5-8(2)19-7)11(18)6-20-12-14-9(13)3-10(17)15-12/h3,7-8H,4-6H2,1-2H3,(H3,13,14,15,17)/t7-,8-/m0/s1. The minimum atomic E-state index is -0.318. The number of morpholine rings is 1. The number of anilines is 1. The largest absolute Gasteiger partial charge is 0.383 e. The fraction of sp³-hybridized carbons (Fsp3) is 0.583. The number of carbonyl (C=O) groups excluding carboxylic acids is 1. The lowest BCUT2D eigenvalue weighted by Crippen LogP contribution is -2.48. The minimum absolute atomic E-state index is 0.00192. The van der Waals surface area contributed by atoms with Crippen molar-refractivity contribution in [3.05, 3.63) is 16.4 Å². The van der Waals surface area contributed by atoms with E-state index in [9.17, 15) is 9.59 Å². The highest BCUT2D eigenvalue weighted by Crippen LogP contribution is 2.16. The van der Waals surface area contributed by atoms with Gasteiger partial charge in [-0.05, 0) is 13.8 Å². The van der Waals surface area contributed by atoms with Crippen LogP contribution in [0.15, 0.2) is 16.0 Å². The van der Waals surface area contributed by atoms with Crippen LogP contribution in [0.5, 0.6) is 0 Å². The second kappa shape index (κ2) is 6.27. The topological polar surface area (TPSA) is 101 Å². The molecule has 110 valence electrons. The number of nitrogen functional groups attached to an aromatic ring is 1. The van der Waals surface area contributed by atoms with Crippen molar-refractivity contribution >= 4 is 23.5 Å². The number of thioether (sulfide) groups is 1. The molecule has 1 aliphatic heterocycles. The number of carbonyl (C=O) groups is 1. The van der Waals surface area contributed by atoms with E-state index >= 15 is 0 Å². The minimum Gasteiger partial charge on any atom is -0.383 e. The van der Waals surface area contributed by atoms with Crippen LogP contribution >= 0.6 is 11.8 Å². The third kappa shape index (κ3) is 3.97. The van der Waals surface area contributed by atoms with Gasteiger partial charge in [0.25, 0.3) is 5.56 Å². The van der Waals surface area contributed by atoms with Crippen molar-refractivity contribution in [1.82, 2.24) is 14.9 Å². The van der Waals surface area contributed by atoms with Gasteiger partial charge >= 0.3 is 0 Å². The summed E-state index contributed by atoms with van der Waals surface area (Å²) in [6.07, 6.45) is 0.0796. The molecule has 0 radical (unpaired) electrons. The van der Waals surface area contributed by atoms with Crippen molar-refractivity contribution < 1.29 is 9.53 Å². The fourth-order valence-corrected chi connectivity index (χ4v) is 2.91. The molecule has 8 heteroatoms. The molecular weight excluding hydrogens is 280 g/mol. The monoisotopic (exact) mass is 298 g/mol. The molecule has 3 N–H and O–H groups in total. The summed E-state index contributed by atoms with van der Waals surface area (Å²) in [7, 11) is 0. The Bertz CT molecular complexity index is 538. The van der Waals surface area contributed by atoms with Crippen LogP contribution < -0.4 is 11.3 Å². The molecule has 0 saturated carbocycles. The molecule has 0 aliphatic carbocycles. The van der Waals surface area contributed by atoms with E-state index in [1.54, 1.807) is 4.90 Å². The summed E-state index contributed by atoms with van der Waals surface area (Å²) in [5.74, 6) is 0.366. The number of nitrogens with zero attached hydrogens (tertiary/aromatic N) is 2. The van der Waals surface area contributed by atoms with Gasteiger partial charge in [-0.25, -0.2) is 4.98 Å². The molecule has 1 aliphatic rings. The van der Waals surface area contributed by atoms with Crippen molar-refractivity contribution in [1.29, 1.82) is 0 Å². The summed E-state index contributed by atoms with van der Waals surface area (Å²) >= 11 is 1.17. The highest BCUT2D eigenvalue weighted by molar-refractivity contribution is 7.99. The second-order valence-electron chi connectivity index (χ2n) is 4.82. The molecular formula is C12H18N4O3S. The summed E-state index contributed by atoms with van der Waals surface area (Å²) in [5, 5.41) is 0.359. The van der Waals surface area contributed by atoms with Gasteiger partial charge < -0.3 is 20.4 Å². The molecule has 1 saturated heterocycles. The van der Waals surface area contributed by atoms with Crippen LogP contribution in [0.25, 0.3) is 0 Å². The van der Waals surface area contributed by atoms with Gasteiger partial charge in [-0.15, -0.1) is 0 Å². The third-order valence-corrected chi connectivity index (χ3v) is 3.70. The van der Waals surface area contributed by atoms with E-state index in [1.807, 2.05) is 13.8 Å². The number of H-pyrrole nitrogens is 1. The van der Waals surface area contributed by atoms with Crippen molar-refractivity contribution in [3.63, 3.8) is 0 Å². The van der Waals surface area contributed by atoms with Crippen molar-refractivity contribution in [3.8, 4) is 0 Å². The van der Waals surface area contributed by atoms with Gasteiger partial charge in [0.05, 0.1) is 18.0 Å². The van der Waals surface area contributed by atoms with Crippen LogP contribution in [0, 0.1) is 0 Å². The molecule has 2 atom stereocenters. The Morgan fingerprint density at radius 3 is 2.80 bits per heavy atom. The first-order valence-corrected chi connectivity index (χ1v) is 7.35. The average molecular weight is 298 g/mol. The first-order chi connectivity index (χ1) is 9.44. The Hall–Kier alpha value is -1.54. The Balaban J connectivity index is 1.93. The fourth-order valence-electron chi connectivity index (χ4n) is 2.12. The lowest BCUT2D eigenvalue weighted by atomic mass is 10.2. The molecule has 0 aromatic carbocycles. The van der Waals surface area contributed by atoms with Crippen molar-refractivity contribution in [2.75, 3.05) is 24.6 Å². The van der Waals surface area contributed by atoms with E-state index in [2.05, 4.69) is 9.97 Å². The Kier molecular flexibility index (Phi) is 4.66. The van der Waals surface area contributed by atoms with Crippen LogP contribution in [0.4, 0.5) is 5.82 Å². The number of aromatic nitrogens is 2. The predicted octanol–water partition coefficient (Wildman–Crippen LogP) is 0.0800. The summed E-state index contributed by atoms with van der Waals surface area (Å²) in [5.41, 5.74) is 5.17. The molecule has 2 heterocycles. The number of ether oxygens (including phenoxy) is 1. The van der Waals surface area contributed by atoms with Gasteiger partial charge in [0, 0.05) is 19.2 Å². The lowest BCUT2D eigenvalue weighted by Gasteiger charge is -2.35. The number of amides is 1. The highest BCUT2D eigenvalue weighted by Gasteiger charge is 2.25. The third-order valence-electron chi connectivity index (χ3n) is 2.84. The molecule has 7 nitrogen and oxygen atoms in total. The first kappa shape index (κ1) is 14.9. The van der Waals surface area contributed by atoms with Crippen LogP contribution in [0.3, 0.4) is 0 Å². The smallest absolute Gasteiger partial charge is 0.253 e. The molecule has 2 rings (SSSR count). The zero-order valence-corrected chi connectivity index (χ0v) is 12.3. The van der Waals surface area contributed by atoms with E-state index in [0.717, 1.165) is 0 Å². The maximum Gasteiger partial charge on any atom is 0.253 e. The Morgan fingerprint density at radius 1 is 1.55 bits per heavy atom. The number of aromatic amines is 1.